The van der Waals surface area contributed by atoms with E-state index in [0.717, 1.165) is 22.3 Å². The summed E-state index contributed by atoms with van der Waals surface area (Å²) in [6.45, 7) is 5.14. The number of carbonyl (C=O) groups is 3. The Morgan fingerprint density at radius 3 is 2.22 bits per heavy atom. The molecule has 2 N–H and O–H groups in total. The number of azide groups is 1. The fraction of sp³-hybridized carbons (Fsp3) is 0.423. The molecule has 0 heterocycles. The predicted molar refractivity (Wildman–Crippen MR) is 136 cm³/mol. The van der Waals surface area contributed by atoms with Gasteiger partial charge in [-0.2, -0.15) is 0 Å². The Labute approximate surface area is 215 Å². The minimum atomic E-state index is -1.31. The van der Waals surface area contributed by atoms with E-state index in [9.17, 15) is 19.5 Å². The molecule has 2 aromatic rings. The second-order valence-electron chi connectivity index (χ2n) is 9.57. The average Bonchev–Trinajstić information content (AvgIpc) is 3.16. The largest absolute Gasteiger partial charge is 0.480 e. The average molecular weight is 510 g/mol. The van der Waals surface area contributed by atoms with E-state index in [-0.39, 0.29) is 38.6 Å². The summed E-state index contributed by atoms with van der Waals surface area (Å²) < 4.78 is 10.8. The lowest BCUT2D eigenvalue weighted by molar-refractivity contribution is -0.139. The van der Waals surface area contributed by atoms with E-state index in [1.54, 1.807) is 20.8 Å². The Morgan fingerprint density at radius 2 is 1.68 bits per heavy atom. The number of alkyl carbamates (subject to hydrolysis) is 1. The lowest BCUT2D eigenvalue weighted by Crippen LogP contribution is -2.45. The third kappa shape index (κ3) is 7.37. The van der Waals surface area contributed by atoms with E-state index in [4.69, 9.17) is 15.0 Å². The molecule has 1 aliphatic carbocycles. The molecule has 37 heavy (non-hydrogen) atoms. The van der Waals surface area contributed by atoms with Crippen LogP contribution in [-0.4, -0.2) is 66.0 Å². The number of aliphatic carboxylic acids is 1. The SMILES string of the molecule is CC(C)(C)OC(=O)N(CCN=[N+]=[N-])CC[C@H](NC(=O)OCC1c2ccccc2-c2ccccc21)C(=O)O. The van der Waals surface area contributed by atoms with Crippen molar-refractivity contribution < 1.29 is 29.0 Å². The molecule has 2 amide bonds. The zero-order chi connectivity index (χ0) is 27.0. The summed E-state index contributed by atoms with van der Waals surface area (Å²) in [5.41, 5.74) is 12.0. The highest BCUT2D eigenvalue weighted by Gasteiger charge is 2.30. The Kier molecular flexibility index (Phi) is 8.97. The first-order valence-corrected chi connectivity index (χ1v) is 11.9. The summed E-state index contributed by atoms with van der Waals surface area (Å²) in [6.07, 6.45) is -1.65. The molecule has 1 atom stereocenters. The van der Waals surface area contributed by atoms with Gasteiger partial charge in [-0.25, -0.2) is 14.4 Å². The highest BCUT2D eigenvalue weighted by atomic mass is 16.6. The van der Waals surface area contributed by atoms with Crippen molar-refractivity contribution in [3.8, 4) is 11.1 Å². The molecule has 1 aliphatic rings. The number of nitrogens with one attached hydrogen (secondary N) is 1. The van der Waals surface area contributed by atoms with Crippen molar-refractivity contribution in [1.29, 1.82) is 0 Å². The Bertz CT molecular complexity index is 1140. The van der Waals surface area contributed by atoms with Crippen LogP contribution in [0, 0.1) is 0 Å². The van der Waals surface area contributed by atoms with Gasteiger partial charge in [0.1, 0.15) is 18.2 Å². The van der Waals surface area contributed by atoms with E-state index in [1.807, 2.05) is 48.5 Å². The molecule has 0 aliphatic heterocycles. The number of hydrogen-bond acceptors (Lipinski definition) is 6. The van der Waals surface area contributed by atoms with Gasteiger partial charge in [0.25, 0.3) is 0 Å². The Hall–Kier alpha value is -4.24. The van der Waals surface area contributed by atoms with E-state index >= 15 is 0 Å². The van der Waals surface area contributed by atoms with Crippen LogP contribution in [0.15, 0.2) is 53.6 Å². The molecule has 0 radical (unpaired) electrons. The molecule has 196 valence electrons. The van der Waals surface area contributed by atoms with Gasteiger partial charge >= 0.3 is 18.2 Å². The fourth-order valence-corrected chi connectivity index (χ4v) is 4.16. The third-order valence-corrected chi connectivity index (χ3v) is 5.81. The van der Waals surface area contributed by atoms with Crippen LogP contribution in [0.4, 0.5) is 9.59 Å². The monoisotopic (exact) mass is 509 g/mol. The van der Waals surface area contributed by atoms with Crippen molar-refractivity contribution in [3.63, 3.8) is 0 Å². The molecule has 11 nitrogen and oxygen atoms in total. The van der Waals surface area contributed by atoms with Crippen molar-refractivity contribution in [2.24, 2.45) is 5.11 Å². The Balaban J connectivity index is 1.61. The second kappa shape index (κ2) is 12.1. The predicted octanol–water partition coefficient (Wildman–Crippen LogP) is 4.92. The standard InChI is InChI=1S/C26H31N5O6/c1-26(2,3)37-25(35)31(15-13-28-30-27)14-12-22(23(32)33)29-24(34)36-16-21-19-10-6-4-8-17(19)18-9-5-7-11-20(18)21/h4-11,21-22H,12-16H2,1-3H3,(H,29,34)(H,32,33)/t22-/m0/s1. The highest BCUT2D eigenvalue weighted by Crippen LogP contribution is 2.44. The molecule has 0 spiro atoms. The quantitative estimate of drug-likeness (QED) is 0.263. The van der Waals surface area contributed by atoms with Crippen molar-refractivity contribution in [1.82, 2.24) is 10.2 Å². The van der Waals surface area contributed by atoms with Crippen LogP contribution in [0.25, 0.3) is 21.6 Å². The summed E-state index contributed by atoms with van der Waals surface area (Å²) in [6, 6.07) is 14.5. The number of rotatable bonds is 10. The van der Waals surface area contributed by atoms with Crippen molar-refractivity contribution in [2.45, 2.75) is 44.8 Å². The van der Waals surface area contributed by atoms with Crippen LogP contribution >= 0.6 is 0 Å². The van der Waals surface area contributed by atoms with Gasteiger partial charge in [0, 0.05) is 30.5 Å². The molecular formula is C26H31N5O6. The van der Waals surface area contributed by atoms with E-state index in [0.29, 0.717) is 0 Å². The molecule has 2 aromatic carbocycles. The van der Waals surface area contributed by atoms with Gasteiger partial charge < -0.3 is 24.8 Å². The topological polar surface area (TPSA) is 154 Å². The summed E-state index contributed by atoms with van der Waals surface area (Å²) in [5, 5.41) is 15.4. The minimum absolute atomic E-state index is 0.00666. The Morgan fingerprint density at radius 1 is 1.08 bits per heavy atom. The maximum Gasteiger partial charge on any atom is 0.410 e. The minimum Gasteiger partial charge on any atom is -0.480 e. The van der Waals surface area contributed by atoms with E-state index < -0.39 is 29.8 Å². The number of amides is 2. The summed E-state index contributed by atoms with van der Waals surface area (Å²) in [5.74, 6) is -1.43. The molecule has 0 aromatic heterocycles. The lowest BCUT2D eigenvalue weighted by Gasteiger charge is -2.28. The zero-order valence-electron chi connectivity index (χ0n) is 21.1. The molecule has 11 heteroatoms. The highest BCUT2D eigenvalue weighted by molar-refractivity contribution is 5.81. The van der Waals surface area contributed by atoms with Crippen LogP contribution in [0.1, 0.15) is 44.2 Å². The first kappa shape index (κ1) is 27.3. The van der Waals surface area contributed by atoms with Gasteiger partial charge in [-0.05, 0) is 55.0 Å². The molecule has 3 rings (SSSR count). The smallest absolute Gasteiger partial charge is 0.410 e. The van der Waals surface area contributed by atoms with Gasteiger partial charge in [0.05, 0.1) is 0 Å². The van der Waals surface area contributed by atoms with E-state index in [1.165, 1.54) is 4.90 Å². The molecular weight excluding hydrogens is 478 g/mol. The van der Waals surface area contributed by atoms with Gasteiger partial charge in [-0.1, -0.05) is 53.6 Å². The van der Waals surface area contributed by atoms with Gasteiger partial charge in [0.15, 0.2) is 0 Å². The number of carbonyl (C=O) groups excluding carboxylic acids is 2. The number of fused-ring (bicyclic) bond motifs is 3. The third-order valence-electron chi connectivity index (χ3n) is 5.81. The summed E-state index contributed by atoms with van der Waals surface area (Å²) >= 11 is 0. The van der Waals surface area contributed by atoms with Crippen molar-refractivity contribution >= 4 is 18.2 Å². The van der Waals surface area contributed by atoms with E-state index in [2.05, 4.69) is 15.3 Å². The number of carboxylic acid groups (broad SMARTS) is 1. The van der Waals surface area contributed by atoms with Crippen molar-refractivity contribution in [2.75, 3.05) is 26.2 Å². The lowest BCUT2D eigenvalue weighted by atomic mass is 9.98. The number of benzene rings is 2. The fourth-order valence-electron chi connectivity index (χ4n) is 4.16. The number of nitrogens with zero attached hydrogens (tertiary/aromatic N) is 4. The van der Waals surface area contributed by atoms with Crippen LogP contribution < -0.4 is 5.32 Å². The van der Waals surface area contributed by atoms with Crippen molar-refractivity contribution in [3.05, 3.63) is 70.1 Å². The van der Waals surface area contributed by atoms with Gasteiger partial charge in [-0.3, -0.25) is 0 Å². The summed E-state index contributed by atoms with van der Waals surface area (Å²) in [4.78, 5) is 40.8. The number of hydrogen-bond donors (Lipinski definition) is 2. The second-order valence-corrected chi connectivity index (χ2v) is 9.57. The molecule has 0 saturated carbocycles. The zero-order valence-corrected chi connectivity index (χ0v) is 21.1. The normalized spacial score (nSPS) is 12.9. The van der Waals surface area contributed by atoms with Gasteiger partial charge in [-0.15, -0.1) is 0 Å². The van der Waals surface area contributed by atoms with Crippen LogP contribution in [0.2, 0.25) is 0 Å². The first-order chi connectivity index (χ1) is 17.6. The first-order valence-electron chi connectivity index (χ1n) is 11.9. The molecule has 0 saturated heterocycles. The number of carboxylic acids is 1. The maximum absolute atomic E-state index is 12.6. The maximum atomic E-state index is 12.6. The van der Waals surface area contributed by atoms with Crippen LogP contribution in [-0.2, 0) is 14.3 Å². The molecule has 0 fully saturated rings. The van der Waals surface area contributed by atoms with Crippen LogP contribution in [0.5, 0.6) is 0 Å². The molecule has 0 unspecified atom stereocenters. The van der Waals surface area contributed by atoms with Gasteiger partial charge in [0.2, 0.25) is 0 Å². The number of ether oxygens (including phenoxy) is 2. The molecule has 0 bridgehead atoms. The summed E-state index contributed by atoms with van der Waals surface area (Å²) in [7, 11) is 0. The van der Waals surface area contributed by atoms with Crippen LogP contribution in [0.3, 0.4) is 0 Å².